The van der Waals surface area contributed by atoms with Gasteiger partial charge in [0.05, 0.1) is 24.3 Å². The van der Waals surface area contributed by atoms with Crippen molar-refractivity contribution in [3.8, 4) is 5.75 Å². The highest BCUT2D eigenvalue weighted by molar-refractivity contribution is 5.89. The molecule has 0 bridgehead atoms. The van der Waals surface area contributed by atoms with Gasteiger partial charge in [0.25, 0.3) is 0 Å². The number of carboxylic acids is 1. The minimum absolute atomic E-state index is 0.0904. The minimum atomic E-state index is -1.03. The summed E-state index contributed by atoms with van der Waals surface area (Å²) in [6.07, 6.45) is 2.40. The molecule has 0 aliphatic carbocycles. The largest absolute Gasteiger partial charge is 0.491 e. The Balaban J connectivity index is 1.81. The van der Waals surface area contributed by atoms with Crippen LogP contribution < -0.4 is 10.5 Å². The smallest absolute Gasteiger partial charge is 0.335 e. The van der Waals surface area contributed by atoms with Crippen LogP contribution in [-0.2, 0) is 4.79 Å². The van der Waals surface area contributed by atoms with Crippen LogP contribution in [0.1, 0.15) is 36.5 Å². The van der Waals surface area contributed by atoms with Gasteiger partial charge in [-0.15, -0.1) is 0 Å². The SMILES string of the molecule is CC1CCN(C(=O)CCOc2ccc(C(=O)O)cc2N)CC1. The van der Waals surface area contributed by atoms with E-state index in [2.05, 4.69) is 6.92 Å². The Bertz CT molecular complexity index is 551. The maximum atomic E-state index is 12.1. The molecule has 1 fully saturated rings. The number of nitrogens with zero attached hydrogens (tertiary/aromatic N) is 1. The first kappa shape index (κ1) is 16.1. The Morgan fingerprint density at radius 1 is 1.36 bits per heavy atom. The number of ether oxygens (including phenoxy) is 1. The van der Waals surface area contributed by atoms with Gasteiger partial charge < -0.3 is 20.5 Å². The Labute approximate surface area is 129 Å². The highest BCUT2D eigenvalue weighted by Gasteiger charge is 2.20. The highest BCUT2D eigenvalue weighted by atomic mass is 16.5. The maximum Gasteiger partial charge on any atom is 0.335 e. The van der Waals surface area contributed by atoms with Crippen molar-refractivity contribution in [3.05, 3.63) is 23.8 Å². The van der Waals surface area contributed by atoms with E-state index in [1.807, 2.05) is 4.90 Å². The van der Waals surface area contributed by atoms with Crippen molar-refractivity contribution in [3.63, 3.8) is 0 Å². The molecule has 6 nitrogen and oxygen atoms in total. The van der Waals surface area contributed by atoms with E-state index in [0.29, 0.717) is 18.1 Å². The standard InChI is InChI=1S/C16H22N2O4/c1-11-4-7-18(8-5-11)15(19)6-9-22-14-3-2-12(16(20)21)10-13(14)17/h2-3,10-11H,4-9,17H2,1H3,(H,20,21). The summed E-state index contributed by atoms with van der Waals surface area (Å²) in [5, 5.41) is 8.87. The lowest BCUT2D eigenvalue weighted by Crippen LogP contribution is -2.38. The summed E-state index contributed by atoms with van der Waals surface area (Å²) >= 11 is 0. The van der Waals surface area contributed by atoms with E-state index >= 15 is 0 Å². The van der Waals surface area contributed by atoms with Gasteiger partial charge in [0.15, 0.2) is 0 Å². The fourth-order valence-corrected chi connectivity index (χ4v) is 2.48. The van der Waals surface area contributed by atoms with Crippen LogP contribution in [0.15, 0.2) is 18.2 Å². The van der Waals surface area contributed by atoms with Gasteiger partial charge in [0.1, 0.15) is 5.75 Å². The Morgan fingerprint density at radius 3 is 2.64 bits per heavy atom. The van der Waals surface area contributed by atoms with Crippen LogP contribution in [0.4, 0.5) is 5.69 Å². The van der Waals surface area contributed by atoms with Crippen molar-refractivity contribution >= 4 is 17.6 Å². The lowest BCUT2D eigenvalue weighted by atomic mass is 9.99. The summed E-state index contributed by atoms with van der Waals surface area (Å²) < 4.78 is 5.49. The summed E-state index contributed by atoms with van der Waals surface area (Å²) in [7, 11) is 0. The second kappa shape index (κ2) is 7.15. The predicted octanol–water partition coefficient (Wildman–Crippen LogP) is 1.99. The third-order valence-electron chi connectivity index (χ3n) is 3.97. The number of piperidine rings is 1. The summed E-state index contributed by atoms with van der Waals surface area (Å²) in [6, 6.07) is 4.30. The van der Waals surface area contributed by atoms with Gasteiger partial charge in [-0.2, -0.15) is 0 Å². The van der Waals surface area contributed by atoms with Crippen molar-refractivity contribution in [2.45, 2.75) is 26.2 Å². The molecule has 0 atom stereocenters. The molecule has 0 spiro atoms. The molecule has 0 unspecified atom stereocenters. The molecule has 1 saturated heterocycles. The molecule has 0 radical (unpaired) electrons. The van der Waals surface area contributed by atoms with Crippen LogP contribution in [0.5, 0.6) is 5.75 Å². The molecule has 1 aromatic carbocycles. The van der Waals surface area contributed by atoms with Gasteiger partial charge >= 0.3 is 5.97 Å². The average Bonchev–Trinajstić information content (AvgIpc) is 2.49. The Morgan fingerprint density at radius 2 is 2.05 bits per heavy atom. The van der Waals surface area contributed by atoms with Crippen molar-refractivity contribution in [2.24, 2.45) is 5.92 Å². The molecule has 6 heteroatoms. The van der Waals surface area contributed by atoms with Crippen molar-refractivity contribution in [2.75, 3.05) is 25.4 Å². The van der Waals surface area contributed by atoms with Crippen LogP contribution in [0.25, 0.3) is 0 Å². The number of hydrogen-bond donors (Lipinski definition) is 2. The molecule has 22 heavy (non-hydrogen) atoms. The van der Waals surface area contributed by atoms with Crippen LogP contribution in [0, 0.1) is 5.92 Å². The van der Waals surface area contributed by atoms with Crippen LogP contribution in [-0.4, -0.2) is 41.6 Å². The zero-order valence-corrected chi connectivity index (χ0v) is 12.7. The monoisotopic (exact) mass is 306 g/mol. The minimum Gasteiger partial charge on any atom is -0.491 e. The van der Waals surface area contributed by atoms with E-state index in [4.69, 9.17) is 15.6 Å². The van der Waals surface area contributed by atoms with Crippen LogP contribution in [0.3, 0.4) is 0 Å². The van der Waals surface area contributed by atoms with Gasteiger partial charge in [-0.25, -0.2) is 4.79 Å². The number of hydrogen-bond acceptors (Lipinski definition) is 4. The number of benzene rings is 1. The second-order valence-corrected chi connectivity index (χ2v) is 5.72. The van der Waals surface area contributed by atoms with E-state index < -0.39 is 5.97 Å². The lowest BCUT2D eigenvalue weighted by Gasteiger charge is -2.30. The number of amides is 1. The number of nitrogen functional groups attached to an aromatic ring is 1. The van der Waals surface area contributed by atoms with Crippen molar-refractivity contribution < 1.29 is 19.4 Å². The van der Waals surface area contributed by atoms with Crippen LogP contribution in [0.2, 0.25) is 0 Å². The molecule has 1 heterocycles. The number of carboxylic acid groups (broad SMARTS) is 1. The molecule has 120 valence electrons. The molecule has 1 amide bonds. The van der Waals surface area contributed by atoms with Crippen LogP contribution >= 0.6 is 0 Å². The number of carbonyl (C=O) groups is 2. The van der Waals surface area contributed by atoms with Gasteiger partial charge in [-0.1, -0.05) is 6.92 Å². The number of carbonyl (C=O) groups excluding carboxylic acids is 1. The number of likely N-dealkylation sites (tertiary alicyclic amines) is 1. The molecule has 0 aromatic heterocycles. The van der Waals surface area contributed by atoms with E-state index in [9.17, 15) is 9.59 Å². The number of rotatable bonds is 5. The summed E-state index contributed by atoms with van der Waals surface area (Å²) in [6.45, 7) is 4.07. The van der Waals surface area contributed by atoms with E-state index in [-0.39, 0.29) is 23.8 Å². The normalized spacial score (nSPS) is 15.6. The third kappa shape index (κ3) is 4.13. The number of aromatic carboxylic acids is 1. The van der Waals surface area contributed by atoms with E-state index in [1.54, 1.807) is 0 Å². The van der Waals surface area contributed by atoms with E-state index in [1.165, 1.54) is 18.2 Å². The molecular formula is C16H22N2O4. The first-order chi connectivity index (χ1) is 10.5. The molecule has 1 aliphatic rings. The molecular weight excluding hydrogens is 284 g/mol. The topological polar surface area (TPSA) is 92.9 Å². The van der Waals surface area contributed by atoms with Crippen molar-refractivity contribution in [1.82, 2.24) is 4.90 Å². The molecule has 3 N–H and O–H groups in total. The lowest BCUT2D eigenvalue weighted by molar-refractivity contribution is -0.133. The summed E-state index contributed by atoms with van der Waals surface area (Å²) in [4.78, 5) is 24.8. The Hall–Kier alpha value is -2.24. The quantitative estimate of drug-likeness (QED) is 0.812. The molecule has 1 aliphatic heterocycles. The average molecular weight is 306 g/mol. The van der Waals surface area contributed by atoms with Gasteiger partial charge in [0.2, 0.25) is 5.91 Å². The highest BCUT2D eigenvalue weighted by Crippen LogP contribution is 2.23. The Kier molecular flexibility index (Phi) is 5.25. The summed E-state index contributed by atoms with van der Waals surface area (Å²) in [5.74, 6) is 0.151. The first-order valence-corrected chi connectivity index (χ1v) is 7.50. The first-order valence-electron chi connectivity index (χ1n) is 7.50. The zero-order chi connectivity index (χ0) is 16.1. The maximum absolute atomic E-state index is 12.1. The van der Waals surface area contributed by atoms with Crippen molar-refractivity contribution in [1.29, 1.82) is 0 Å². The summed E-state index contributed by atoms with van der Waals surface area (Å²) in [5.41, 5.74) is 6.13. The second-order valence-electron chi connectivity index (χ2n) is 5.72. The van der Waals surface area contributed by atoms with Gasteiger partial charge in [-0.3, -0.25) is 4.79 Å². The predicted molar refractivity (Wildman–Crippen MR) is 82.9 cm³/mol. The third-order valence-corrected chi connectivity index (χ3v) is 3.97. The zero-order valence-electron chi connectivity index (χ0n) is 12.7. The van der Waals surface area contributed by atoms with Gasteiger partial charge in [-0.05, 0) is 37.0 Å². The molecule has 2 rings (SSSR count). The van der Waals surface area contributed by atoms with E-state index in [0.717, 1.165) is 25.9 Å². The fraction of sp³-hybridized carbons (Fsp3) is 0.500. The van der Waals surface area contributed by atoms with Gasteiger partial charge in [0, 0.05) is 13.1 Å². The number of nitrogens with two attached hydrogens (primary N) is 1. The number of anilines is 1. The molecule has 1 aromatic rings. The molecule has 0 saturated carbocycles. The fourth-order valence-electron chi connectivity index (χ4n) is 2.48.